The Kier molecular flexibility index (Phi) is 3.43. The van der Waals surface area contributed by atoms with Gasteiger partial charge in [-0.2, -0.15) is 10.2 Å². The molecular weight excluding hydrogens is 268 g/mol. The quantitative estimate of drug-likeness (QED) is 0.862. The lowest BCUT2D eigenvalue weighted by molar-refractivity contribution is -0.116. The van der Waals surface area contributed by atoms with Crippen LogP contribution < -0.4 is 9.75 Å². The standard InChI is InChI=1S/C15H16N4O2/c1-3-21-13-6-4-12(5-7-13)19-15(20)8-14(17-19)11-9-16-18(2)10-11/h4-7,9-10H,3,8H2,1-2H3. The van der Waals surface area contributed by atoms with Gasteiger partial charge in [-0.05, 0) is 31.2 Å². The summed E-state index contributed by atoms with van der Waals surface area (Å²) >= 11 is 0. The molecule has 0 bridgehead atoms. The third-order valence-electron chi connectivity index (χ3n) is 3.21. The van der Waals surface area contributed by atoms with Crippen LogP contribution in [0.25, 0.3) is 0 Å². The molecule has 6 nitrogen and oxygen atoms in total. The fourth-order valence-corrected chi connectivity index (χ4v) is 2.21. The summed E-state index contributed by atoms with van der Waals surface area (Å²) < 4.78 is 7.09. The Bertz CT molecular complexity index is 688. The van der Waals surface area contributed by atoms with Crippen molar-refractivity contribution >= 4 is 17.3 Å². The first-order valence-corrected chi connectivity index (χ1v) is 6.79. The minimum atomic E-state index is -0.0435. The van der Waals surface area contributed by atoms with E-state index in [1.165, 1.54) is 5.01 Å². The molecule has 3 rings (SSSR count). The van der Waals surface area contributed by atoms with Crippen LogP contribution in [0.4, 0.5) is 5.69 Å². The van der Waals surface area contributed by atoms with Crippen LogP contribution in [0.1, 0.15) is 18.9 Å². The van der Waals surface area contributed by atoms with Crippen LogP contribution in [0.2, 0.25) is 0 Å². The summed E-state index contributed by atoms with van der Waals surface area (Å²) in [5, 5.41) is 9.94. The van der Waals surface area contributed by atoms with Crippen molar-refractivity contribution in [3.05, 3.63) is 42.2 Å². The molecule has 2 aromatic rings. The summed E-state index contributed by atoms with van der Waals surface area (Å²) in [6.07, 6.45) is 3.86. The van der Waals surface area contributed by atoms with Gasteiger partial charge in [0.25, 0.3) is 5.91 Å². The van der Waals surface area contributed by atoms with E-state index in [0.29, 0.717) is 13.0 Å². The molecule has 6 heteroatoms. The summed E-state index contributed by atoms with van der Waals surface area (Å²) in [4.78, 5) is 12.1. The second-order valence-corrected chi connectivity index (χ2v) is 4.76. The molecule has 21 heavy (non-hydrogen) atoms. The molecule has 1 amide bonds. The molecule has 2 heterocycles. The fraction of sp³-hybridized carbons (Fsp3) is 0.267. The Morgan fingerprint density at radius 2 is 2.05 bits per heavy atom. The number of hydrogen-bond acceptors (Lipinski definition) is 4. The molecule has 1 aliphatic heterocycles. The molecule has 0 atom stereocenters. The van der Waals surface area contributed by atoms with Crippen molar-refractivity contribution in [1.82, 2.24) is 9.78 Å². The second kappa shape index (κ2) is 5.40. The molecule has 0 saturated carbocycles. The SMILES string of the molecule is CCOc1ccc(N2N=C(c3cnn(C)c3)CC2=O)cc1. The van der Waals surface area contributed by atoms with Crippen LogP contribution in [-0.2, 0) is 11.8 Å². The van der Waals surface area contributed by atoms with Crippen LogP contribution in [0.5, 0.6) is 5.75 Å². The number of rotatable bonds is 4. The van der Waals surface area contributed by atoms with Gasteiger partial charge in [0.15, 0.2) is 0 Å². The maximum atomic E-state index is 12.1. The number of aromatic nitrogens is 2. The number of hydrogen-bond donors (Lipinski definition) is 0. The van der Waals surface area contributed by atoms with Gasteiger partial charge >= 0.3 is 0 Å². The van der Waals surface area contributed by atoms with E-state index in [-0.39, 0.29) is 5.91 Å². The van der Waals surface area contributed by atoms with Crippen molar-refractivity contribution in [3.63, 3.8) is 0 Å². The number of hydrazone groups is 1. The van der Waals surface area contributed by atoms with E-state index >= 15 is 0 Å². The van der Waals surface area contributed by atoms with Crippen LogP contribution in [0, 0.1) is 0 Å². The lowest BCUT2D eigenvalue weighted by Gasteiger charge is -2.12. The highest BCUT2D eigenvalue weighted by atomic mass is 16.5. The largest absolute Gasteiger partial charge is 0.494 e. The van der Waals surface area contributed by atoms with E-state index < -0.39 is 0 Å². The molecule has 1 aliphatic rings. The number of ether oxygens (including phenoxy) is 1. The number of carbonyl (C=O) groups excluding carboxylic acids is 1. The Morgan fingerprint density at radius 1 is 1.29 bits per heavy atom. The van der Waals surface area contributed by atoms with Gasteiger partial charge in [0, 0.05) is 18.8 Å². The van der Waals surface area contributed by atoms with Gasteiger partial charge < -0.3 is 4.74 Å². The third-order valence-corrected chi connectivity index (χ3v) is 3.21. The Labute approximate surface area is 122 Å². The maximum Gasteiger partial charge on any atom is 0.253 e. The van der Waals surface area contributed by atoms with Gasteiger partial charge in [0.2, 0.25) is 0 Å². The molecule has 0 saturated heterocycles. The number of nitrogens with zero attached hydrogens (tertiary/aromatic N) is 4. The van der Waals surface area contributed by atoms with Gasteiger partial charge in [-0.3, -0.25) is 9.48 Å². The predicted molar refractivity (Wildman–Crippen MR) is 79.5 cm³/mol. The maximum absolute atomic E-state index is 12.1. The molecule has 1 aromatic heterocycles. The summed E-state index contributed by atoms with van der Waals surface area (Å²) in [7, 11) is 1.84. The highest BCUT2D eigenvalue weighted by molar-refractivity contribution is 6.19. The topological polar surface area (TPSA) is 59.7 Å². The Morgan fingerprint density at radius 3 is 2.67 bits per heavy atom. The third kappa shape index (κ3) is 2.65. The lowest BCUT2D eigenvalue weighted by atomic mass is 10.1. The highest BCUT2D eigenvalue weighted by Gasteiger charge is 2.26. The van der Waals surface area contributed by atoms with Gasteiger partial charge in [-0.25, -0.2) is 5.01 Å². The van der Waals surface area contributed by atoms with Crippen molar-refractivity contribution in [2.45, 2.75) is 13.3 Å². The molecule has 0 radical (unpaired) electrons. The van der Waals surface area contributed by atoms with Crippen molar-refractivity contribution in [2.24, 2.45) is 12.1 Å². The van der Waals surface area contributed by atoms with Gasteiger partial charge in [-0.1, -0.05) is 0 Å². The zero-order valence-corrected chi connectivity index (χ0v) is 12.0. The summed E-state index contributed by atoms with van der Waals surface area (Å²) in [6, 6.07) is 7.34. The minimum Gasteiger partial charge on any atom is -0.494 e. The second-order valence-electron chi connectivity index (χ2n) is 4.76. The van der Waals surface area contributed by atoms with Crippen molar-refractivity contribution in [3.8, 4) is 5.75 Å². The molecule has 0 fully saturated rings. The van der Waals surface area contributed by atoms with Crippen LogP contribution in [0.3, 0.4) is 0 Å². The summed E-state index contributed by atoms with van der Waals surface area (Å²) in [5.41, 5.74) is 2.35. The average molecular weight is 284 g/mol. The molecule has 108 valence electrons. The lowest BCUT2D eigenvalue weighted by Crippen LogP contribution is -2.19. The monoisotopic (exact) mass is 284 g/mol. The highest BCUT2D eigenvalue weighted by Crippen LogP contribution is 2.25. The van der Waals surface area contributed by atoms with E-state index in [1.54, 1.807) is 10.9 Å². The number of benzene rings is 1. The predicted octanol–water partition coefficient (Wildman–Crippen LogP) is 1.96. The Balaban J connectivity index is 1.84. The smallest absolute Gasteiger partial charge is 0.253 e. The fourth-order valence-electron chi connectivity index (χ4n) is 2.21. The summed E-state index contributed by atoms with van der Waals surface area (Å²) in [6.45, 7) is 2.55. The Hall–Kier alpha value is -2.63. The minimum absolute atomic E-state index is 0.0435. The zero-order valence-electron chi connectivity index (χ0n) is 12.0. The van der Waals surface area contributed by atoms with E-state index in [2.05, 4.69) is 10.2 Å². The van der Waals surface area contributed by atoms with Gasteiger partial charge in [0.05, 0.1) is 30.6 Å². The van der Waals surface area contributed by atoms with Crippen molar-refractivity contribution in [2.75, 3.05) is 11.6 Å². The van der Waals surface area contributed by atoms with Crippen molar-refractivity contribution < 1.29 is 9.53 Å². The molecule has 0 spiro atoms. The molecular formula is C15H16N4O2. The first-order valence-electron chi connectivity index (χ1n) is 6.79. The summed E-state index contributed by atoms with van der Waals surface area (Å²) in [5.74, 6) is 0.738. The van der Waals surface area contributed by atoms with Gasteiger partial charge in [0.1, 0.15) is 5.75 Å². The number of carbonyl (C=O) groups is 1. The first kappa shape index (κ1) is 13.4. The van der Waals surface area contributed by atoms with Gasteiger partial charge in [-0.15, -0.1) is 0 Å². The number of amides is 1. The van der Waals surface area contributed by atoms with E-state index in [0.717, 1.165) is 22.7 Å². The van der Waals surface area contributed by atoms with Crippen LogP contribution >= 0.6 is 0 Å². The van der Waals surface area contributed by atoms with E-state index in [4.69, 9.17) is 4.74 Å². The average Bonchev–Trinajstić information content (AvgIpc) is 3.06. The molecule has 0 unspecified atom stereocenters. The van der Waals surface area contributed by atoms with E-state index in [1.807, 2.05) is 44.4 Å². The van der Waals surface area contributed by atoms with E-state index in [9.17, 15) is 4.79 Å². The molecule has 0 aliphatic carbocycles. The molecule has 1 aromatic carbocycles. The number of aryl methyl sites for hydroxylation is 1. The van der Waals surface area contributed by atoms with Crippen LogP contribution in [-0.4, -0.2) is 28.0 Å². The van der Waals surface area contributed by atoms with Crippen molar-refractivity contribution in [1.29, 1.82) is 0 Å². The normalized spacial score (nSPS) is 14.5. The number of anilines is 1. The van der Waals surface area contributed by atoms with Crippen LogP contribution in [0.15, 0.2) is 41.8 Å². The zero-order chi connectivity index (χ0) is 14.8. The molecule has 0 N–H and O–H groups in total. The first-order chi connectivity index (χ1) is 10.2.